The van der Waals surface area contributed by atoms with Crippen molar-refractivity contribution in [3.63, 3.8) is 0 Å². The molecule has 1 aliphatic heterocycles. The first-order valence-corrected chi connectivity index (χ1v) is 6.44. The Morgan fingerprint density at radius 2 is 2.05 bits per heavy atom. The molecule has 1 unspecified atom stereocenters. The van der Waals surface area contributed by atoms with Gasteiger partial charge in [-0.3, -0.25) is 0 Å². The smallest absolute Gasteiger partial charge is 0.330 e. The van der Waals surface area contributed by atoms with E-state index in [2.05, 4.69) is 10.6 Å². The summed E-state index contributed by atoms with van der Waals surface area (Å²) in [6.07, 6.45) is 0.712. The third-order valence-corrected chi connectivity index (χ3v) is 3.29. The lowest BCUT2D eigenvalue weighted by Crippen LogP contribution is -2.52. The van der Waals surface area contributed by atoms with Crippen LogP contribution in [-0.2, 0) is 9.53 Å². The molecule has 3 N–H and O–H groups in total. The quantitative estimate of drug-likeness (QED) is 0.774. The van der Waals surface area contributed by atoms with Crippen LogP contribution < -0.4 is 10.6 Å². The number of carbonyl (C=O) groups is 2. The maximum Gasteiger partial charge on any atom is 0.330 e. The predicted molar refractivity (Wildman–Crippen MR) is 72.3 cm³/mol. The molecule has 2 amide bonds. The van der Waals surface area contributed by atoms with E-state index in [1.54, 1.807) is 30.3 Å². The van der Waals surface area contributed by atoms with Crippen molar-refractivity contribution in [2.24, 2.45) is 0 Å². The molecular formula is C14H18N2O4. The highest BCUT2D eigenvalue weighted by Gasteiger charge is 2.32. The number of rotatable bonds is 4. The third-order valence-electron chi connectivity index (χ3n) is 3.29. The van der Waals surface area contributed by atoms with E-state index in [0.717, 1.165) is 0 Å². The fourth-order valence-electron chi connectivity index (χ4n) is 2.14. The van der Waals surface area contributed by atoms with Gasteiger partial charge in [0.25, 0.3) is 0 Å². The number of nitrogens with one attached hydrogen (secondary N) is 2. The maximum absolute atomic E-state index is 12.0. The van der Waals surface area contributed by atoms with Crippen molar-refractivity contribution in [3.05, 3.63) is 35.9 Å². The lowest BCUT2D eigenvalue weighted by atomic mass is 10.0. The highest BCUT2D eigenvalue weighted by atomic mass is 16.5. The number of hydrogen-bond acceptors (Lipinski definition) is 3. The summed E-state index contributed by atoms with van der Waals surface area (Å²) < 4.78 is 5.24. The van der Waals surface area contributed by atoms with Crippen molar-refractivity contribution in [2.75, 3.05) is 13.2 Å². The molecule has 108 valence electrons. The lowest BCUT2D eigenvalue weighted by Gasteiger charge is -2.25. The van der Waals surface area contributed by atoms with Crippen molar-refractivity contribution >= 4 is 12.0 Å². The van der Waals surface area contributed by atoms with Crippen LogP contribution in [-0.4, -0.2) is 35.9 Å². The number of carboxylic acid groups (broad SMARTS) is 1. The normalized spacial score (nSPS) is 23.1. The van der Waals surface area contributed by atoms with E-state index < -0.39 is 23.6 Å². The lowest BCUT2D eigenvalue weighted by molar-refractivity contribution is -0.139. The molecule has 0 radical (unpaired) electrons. The summed E-state index contributed by atoms with van der Waals surface area (Å²) in [5.74, 6) is -1.10. The Balaban J connectivity index is 2.02. The zero-order valence-corrected chi connectivity index (χ0v) is 11.3. The molecule has 1 aromatic rings. The summed E-state index contributed by atoms with van der Waals surface area (Å²) in [6.45, 7) is 2.90. The van der Waals surface area contributed by atoms with Crippen LogP contribution in [0, 0.1) is 0 Å². The minimum absolute atomic E-state index is 0.434. The number of aliphatic carboxylic acids is 1. The van der Waals surface area contributed by atoms with E-state index in [4.69, 9.17) is 4.74 Å². The molecule has 0 aromatic heterocycles. The van der Waals surface area contributed by atoms with Crippen molar-refractivity contribution in [2.45, 2.75) is 24.9 Å². The van der Waals surface area contributed by atoms with Gasteiger partial charge >= 0.3 is 12.0 Å². The van der Waals surface area contributed by atoms with Gasteiger partial charge in [0.15, 0.2) is 6.04 Å². The summed E-state index contributed by atoms with van der Waals surface area (Å²) in [6, 6.07) is 7.02. The van der Waals surface area contributed by atoms with E-state index in [0.29, 0.717) is 25.2 Å². The van der Waals surface area contributed by atoms with Gasteiger partial charge in [-0.2, -0.15) is 0 Å². The molecule has 1 aromatic carbocycles. The van der Waals surface area contributed by atoms with Crippen LogP contribution in [0.1, 0.15) is 24.9 Å². The number of amides is 2. The molecule has 2 rings (SSSR count). The van der Waals surface area contributed by atoms with E-state index >= 15 is 0 Å². The van der Waals surface area contributed by atoms with Crippen molar-refractivity contribution in [3.8, 4) is 0 Å². The van der Waals surface area contributed by atoms with Gasteiger partial charge in [0, 0.05) is 6.61 Å². The Labute approximate surface area is 117 Å². The van der Waals surface area contributed by atoms with Crippen LogP contribution in [0.4, 0.5) is 4.79 Å². The van der Waals surface area contributed by atoms with Gasteiger partial charge in [-0.05, 0) is 18.9 Å². The van der Waals surface area contributed by atoms with Crippen molar-refractivity contribution < 1.29 is 19.4 Å². The Morgan fingerprint density at radius 3 is 2.60 bits per heavy atom. The number of benzene rings is 1. The van der Waals surface area contributed by atoms with Gasteiger partial charge in [0.2, 0.25) is 0 Å². The van der Waals surface area contributed by atoms with E-state index in [1.165, 1.54) is 0 Å². The van der Waals surface area contributed by atoms with Crippen molar-refractivity contribution in [1.29, 1.82) is 0 Å². The highest BCUT2D eigenvalue weighted by molar-refractivity contribution is 5.84. The summed E-state index contributed by atoms with van der Waals surface area (Å²) in [7, 11) is 0. The first-order valence-electron chi connectivity index (χ1n) is 6.44. The Hall–Kier alpha value is -2.08. The summed E-state index contributed by atoms with van der Waals surface area (Å²) in [4.78, 5) is 23.2. The van der Waals surface area contributed by atoms with Crippen molar-refractivity contribution in [1.82, 2.24) is 10.6 Å². The summed E-state index contributed by atoms with van der Waals surface area (Å²) in [5, 5.41) is 14.5. The molecule has 1 saturated heterocycles. The zero-order chi connectivity index (χ0) is 14.6. The molecule has 0 bridgehead atoms. The molecule has 0 spiro atoms. The van der Waals surface area contributed by atoms with E-state index in [1.807, 2.05) is 6.92 Å². The standard InChI is InChI=1S/C14H18N2O4/c1-14(7-8-20-9-14)16-13(19)15-11(12(17)18)10-5-3-2-4-6-10/h2-6,11H,7-9H2,1H3,(H,17,18)(H2,15,16,19)/t11-,14?/m0/s1. The van der Waals surface area contributed by atoms with Crippen LogP contribution in [0.3, 0.4) is 0 Å². The largest absolute Gasteiger partial charge is 0.479 e. The molecule has 20 heavy (non-hydrogen) atoms. The Bertz CT molecular complexity index is 483. The molecule has 6 nitrogen and oxygen atoms in total. The van der Waals surface area contributed by atoms with Gasteiger partial charge < -0.3 is 20.5 Å². The third kappa shape index (κ3) is 3.48. The monoisotopic (exact) mass is 278 g/mol. The molecule has 2 atom stereocenters. The van der Waals surface area contributed by atoms with Crippen LogP contribution in [0.2, 0.25) is 0 Å². The van der Waals surface area contributed by atoms with Crippen LogP contribution in [0.15, 0.2) is 30.3 Å². The van der Waals surface area contributed by atoms with Crippen LogP contribution in [0.5, 0.6) is 0 Å². The first kappa shape index (κ1) is 14.3. The molecule has 1 aliphatic rings. The number of hydrogen-bond donors (Lipinski definition) is 3. The minimum Gasteiger partial charge on any atom is -0.479 e. The zero-order valence-electron chi connectivity index (χ0n) is 11.3. The number of carbonyl (C=O) groups excluding carboxylic acids is 1. The maximum atomic E-state index is 12.0. The second-order valence-electron chi connectivity index (χ2n) is 5.14. The Morgan fingerprint density at radius 1 is 1.35 bits per heavy atom. The molecule has 0 saturated carbocycles. The van der Waals surface area contributed by atoms with Gasteiger partial charge in [0.1, 0.15) is 0 Å². The van der Waals surface area contributed by atoms with Gasteiger partial charge in [-0.15, -0.1) is 0 Å². The minimum atomic E-state index is -1.10. The average Bonchev–Trinajstić information content (AvgIpc) is 2.83. The van der Waals surface area contributed by atoms with Gasteiger partial charge in [-0.25, -0.2) is 9.59 Å². The van der Waals surface area contributed by atoms with Gasteiger partial charge in [-0.1, -0.05) is 30.3 Å². The second kappa shape index (κ2) is 5.92. The molecule has 0 aliphatic carbocycles. The predicted octanol–water partition coefficient (Wildman–Crippen LogP) is 1.29. The highest BCUT2D eigenvalue weighted by Crippen LogP contribution is 2.18. The van der Waals surface area contributed by atoms with E-state index in [9.17, 15) is 14.7 Å². The Kier molecular flexibility index (Phi) is 4.24. The van der Waals surface area contributed by atoms with Gasteiger partial charge in [0.05, 0.1) is 12.1 Å². The van der Waals surface area contributed by atoms with E-state index in [-0.39, 0.29) is 0 Å². The topological polar surface area (TPSA) is 87.7 Å². The first-order chi connectivity index (χ1) is 9.50. The van der Waals surface area contributed by atoms with Crippen LogP contribution in [0.25, 0.3) is 0 Å². The molecule has 1 heterocycles. The number of carboxylic acids is 1. The summed E-state index contributed by atoms with van der Waals surface area (Å²) >= 11 is 0. The average molecular weight is 278 g/mol. The number of ether oxygens (including phenoxy) is 1. The molecular weight excluding hydrogens is 260 g/mol. The SMILES string of the molecule is CC1(NC(=O)N[C@H](C(=O)O)c2ccccc2)CCOC1. The number of urea groups is 1. The fourth-order valence-corrected chi connectivity index (χ4v) is 2.14. The van der Waals surface area contributed by atoms with Crippen LogP contribution >= 0.6 is 0 Å². The summed E-state index contributed by atoms with van der Waals surface area (Å²) in [5.41, 5.74) is 0.0899. The fraction of sp³-hybridized carbons (Fsp3) is 0.429. The second-order valence-corrected chi connectivity index (χ2v) is 5.14. The molecule has 1 fully saturated rings. The molecule has 6 heteroatoms.